The van der Waals surface area contributed by atoms with E-state index >= 15 is 0 Å². The molecule has 0 unspecified atom stereocenters. The van der Waals surface area contributed by atoms with Gasteiger partial charge in [0.1, 0.15) is 0 Å². The van der Waals surface area contributed by atoms with Crippen molar-refractivity contribution in [1.82, 2.24) is 4.90 Å². The van der Waals surface area contributed by atoms with Crippen LogP contribution in [-0.4, -0.2) is 55.5 Å². The van der Waals surface area contributed by atoms with Crippen LogP contribution in [0.2, 0.25) is 0 Å². The molecular formula is C21H29NO5. The number of hydrogen-bond donors (Lipinski definition) is 1. The second kappa shape index (κ2) is 12.0. The number of nitrogens with zero attached hydrogens (tertiary/aromatic N) is 1. The van der Waals surface area contributed by atoms with Crippen molar-refractivity contribution in [2.75, 3.05) is 27.8 Å². The van der Waals surface area contributed by atoms with Gasteiger partial charge in [0.25, 0.3) is 0 Å². The van der Waals surface area contributed by atoms with Crippen molar-refractivity contribution in [3.63, 3.8) is 0 Å². The topological polar surface area (TPSA) is 83.9 Å². The first-order chi connectivity index (χ1) is 12.9. The Labute approximate surface area is 160 Å². The van der Waals surface area contributed by atoms with Crippen LogP contribution in [0.1, 0.15) is 48.0 Å². The highest BCUT2D eigenvalue weighted by Crippen LogP contribution is 2.15. The molecule has 1 N–H and O–H groups in total. The summed E-state index contributed by atoms with van der Waals surface area (Å²) in [7, 11) is 4.75. The van der Waals surface area contributed by atoms with Crippen LogP contribution >= 0.6 is 0 Å². The molecule has 0 spiro atoms. The van der Waals surface area contributed by atoms with Crippen molar-refractivity contribution in [2.24, 2.45) is 5.92 Å². The molecule has 148 valence electrons. The van der Waals surface area contributed by atoms with E-state index in [1.54, 1.807) is 31.1 Å². The van der Waals surface area contributed by atoms with E-state index in [1.807, 2.05) is 24.3 Å². The van der Waals surface area contributed by atoms with Crippen molar-refractivity contribution in [3.05, 3.63) is 41.5 Å². The van der Waals surface area contributed by atoms with E-state index < -0.39 is 11.9 Å². The lowest BCUT2D eigenvalue weighted by Crippen LogP contribution is -2.21. The zero-order valence-corrected chi connectivity index (χ0v) is 16.3. The Morgan fingerprint density at radius 1 is 1.22 bits per heavy atom. The van der Waals surface area contributed by atoms with E-state index in [9.17, 15) is 19.5 Å². The van der Waals surface area contributed by atoms with Crippen LogP contribution in [0.5, 0.6) is 0 Å². The molecular weight excluding hydrogens is 346 g/mol. The van der Waals surface area contributed by atoms with E-state index in [2.05, 4.69) is 4.74 Å². The van der Waals surface area contributed by atoms with Gasteiger partial charge in [-0.2, -0.15) is 0 Å². The van der Waals surface area contributed by atoms with Crippen LogP contribution in [0.15, 0.2) is 30.3 Å². The molecule has 1 rings (SSSR count). The third-order valence-electron chi connectivity index (χ3n) is 4.25. The number of hydrogen-bond acceptors (Lipinski definition) is 5. The largest absolute Gasteiger partial charge is 0.469 e. The molecule has 1 aromatic carbocycles. The number of methoxy groups -OCH3 is 1. The Hall–Kier alpha value is -2.47. The van der Waals surface area contributed by atoms with Crippen molar-refractivity contribution in [1.29, 1.82) is 0 Å². The average molecular weight is 375 g/mol. The number of carbonyl (C=O) groups is 3. The number of aliphatic hydroxyl groups excluding tert-OH is 1. The highest BCUT2D eigenvalue weighted by atomic mass is 16.5. The number of unbranched alkanes of at least 4 members (excludes halogenated alkanes) is 1. The molecule has 0 radical (unpaired) electrons. The fourth-order valence-electron chi connectivity index (χ4n) is 2.53. The number of carbonyl (C=O) groups excluding carboxylic acids is 3. The van der Waals surface area contributed by atoms with Gasteiger partial charge in [0.15, 0.2) is 5.78 Å². The summed E-state index contributed by atoms with van der Waals surface area (Å²) >= 11 is 0. The van der Waals surface area contributed by atoms with E-state index in [1.165, 1.54) is 7.11 Å². The SMILES string of the molecule is COC(=O)[C@@H](CO)CCC(=O)c1cccc(/C=C\CCCC(=O)N(C)C)c1. The van der Waals surface area contributed by atoms with Crippen molar-refractivity contribution in [3.8, 4) is 0 Å². The van der Waals surface area contributed by atoms with Gasteiger partial charge in [0.2, 0.25) is 5.91 Å². The maximum atomic E-state index is 12.3. The molecule has 0 aliphatic heterocycles. The van der Waals surface area contributed by atoms with Crippen LogP contribution in [0.25, 0.3) is 6.08 Å². The number of benzene rings is 1. The zero-order valence-electron chi connectivity index (χ0n) is 16.3. The molecule has 27 heavy (non-hydrogen) atoms. The first kappa shape index (κ1) is 22.6. The average Bonchev–Trinajstić information content (AvgIpc) is 2.67. The molecule has 1 amide bonds. The summed E-state index contributed by atoms with van der Waals surface area (Å²) in [6.07, 6.45) is 6.43. The van der Waals surface area contributed by atoms with E-state index in [4.69, 9.17) is 0 Å². The fraction of sp³-hybridized carbons (Fsp3) is 0.476. The van der Waals surface area contributed by atoms with E-state index in [-0.39, 0.29) is 31.1 Å². The molecule has 0 saturated heterocycles. The summed E-state index contributed by atoms with van der Waals surface area (Å²) in [6, 6.07) is 7.26. The van der Waals surface area contributed by atoms with Crippen LogP contribution in [0.3, 0.4) is 0 Å². The van der Waals surface area contributed by atoms with E-state index in [0.29, 0.717) is 12.0 Å². The normalized spacial score (nSPS) is 12.0. The maximum Gasteiger partial charge on any atom is 0.311 e. The van der Waals surface area contributed by atoms with Crippen molar-refractivity contribution < 1.29 is 24.2 Å². The predicted molar refractivity (Wildman–Crippen MR) is 104 cm³/mol. The lowest BCUT2D eigenvalue weighted by atomic mass is 9.98. The Bertz CT molecular complexity index is 666. The molecule has 0 fully saturated rings. The van der Waals surface area contributed by atoms with Crippen LogP contribution in [-0.2, 0) is 14.3 Å². The second-order valence-corrected chi connectivity index (χ2v) is 6.57. The molecule has 1 atom stereocenters. The number of aliphatic hydroxyl groups is 1. The second-order valence-electron chi connectivity index (χ2n) is 6.57. The molecule has 0 saturated carbocycles. The van der Waals surface area contributed by atoms with Crippen LogP contribution in [0, 0.1) is 5.92 Å². The van der Waals surface area contributed by atoms with Gasteiger partial charge in [-0.05, 0) is 30.9 Å². The fourth-order valence-corrected chi connectivity index (χ4v) is 2.53. The first-order valence-corrected chi connectivity index (χ1v) is 9.07. The maximum absolute atomic E-state index is 12.3. The standard InChI is InChI=1S/C21H29NO5/c1-22(2)20(25)11-6-4-5-8-16-9-7-10-17(14-16)19(24)13-12-18(15-23)21(26)27-3/h5,7-10,14,18,23H,4,6,11-13,15H2,1-3H3/b8-5-/t18-/m1/s1. The zero-order chi connectivity index (χ0) is 20.2. The van der Waals surface area contributed by atoms with Crippen LogP contribution in [0.4, 0.5) is 0 Å². The van der Waals surface area contributed by atoms with Gasteiger partial charge in [-0.3, -0.25) is 14.4 Å². The Morgan fingerprint density at radius 2 is 1.96 bits per heavy atom. The lowest BCUT2D eigenvalue weighted by molar-refractivity contribution is -0.147. The minimum atomic E-state index is -0.674. The summed E-state index contributed by atoms with van der Waals surface area (Å²) < 4.78 is 4.61. The van der Waals surface area contributed by atoms with Crippen LogP contribution < -0.4 is 0 Å². The molecule has 6 nitrogen and oxygen atoms in total. The monoisotopic (exact) mass is 375 g/mol. The van der Waals surface area contributed by atoms with Crippen molar-refractivity contribution in [2.45, 2.75) is 32.1 Å². The molecule has 0 aliphatic rings. The van der Waals surface area contributed by atoms with E-state index in [0.717, 1.165) is 18.4 Å². The molecule has 0 aliphatic carbocycles. The Morgan fingerprint density at radius 3 is 2.59 bits per heavy atom. The minimum absolute atomic E-state index is 0.0795. The predicted octanol–water partition coefficient (Wildman–Crippen LogP) is 2.70. The van der Waals surface area contributed by atoms with Gasteiger partial charge in [-0.1, -0.05) is 30.4 Å². The molecule has 6 heteroatoms. The summed E-state index contributed by atoms with van der Waals surface area (Å²) in [5, 5.41) is 9.22. The van der Waals surface area contributed by atoms with Gasteiger partial charge in [0, 0.05) is 32.5 Å². The number of rotatable bonds is 11. The van der Waals surface area contributed by atoms with Gasteiger partial charge < -0.3 is 14.7 Å². The lowest BCUT2D eigenvalue weighted by Gasteiger charge is -2.11. The third kappa shape index (κ3) is 8.17. The number of amides is 1. The number of esters is 1. The highest BCUT2D eigenvalue weighted by Gasteiger charge is 2.19. The molecule has 0 heterocycles. The third-order valence-corrected chi connectivity index (χ3v) is 4.25. The molecule has 0 aromatic heterocycles. The smallest absolute Gasteiger partial charge is 0.311 e. The summed E-state index contributed by atoms with van der Waals surface area (Å²) in [5.74, 6) is -1.14. The summed E-state index contributed by atoms with van der Waals surface area (Å²) in [6.45, 7) is -0.334. The first-order valence-electron chi connectivity index (χ1n) is 9.07. The summed E-state index contributed by atoms with van der Waals surface area (Å²) in [5.41, 5.74) is 1.48. The number of allylic oxidation sites excluding steroid dienone is 1. The molecule has 0 bridgehead atoms. The Kier molecular flexibility index (Phi) is 10.0. The van der Waals surface area contributed by atoms with Gasteiger partial charge >= 0.3 is 5.97 Å². The number of ketones is 1. The number of Topliss-reactive ketones (excluding diaryl/α,β-unsaturated/α-hetero) is 1. The highest BCUT2D eigenvalue weighted by molar-refractivity contribution is 5.96. The van der Waals surface area contributed by atoms with Gasteiger partial charge in [0.05, 0.1) is 19.6 Å². The number of ether oxygens (including phenoxy) is 1. The van der Waals surface area contributed by atoms with Crippen molar-refractivity contribution >= 4 is 23.7 Å². The minimum Gasteiger partial charge on any atom is -0.469 e. The van der Waals surface area contributed by atoms with Gasteiger partial charge in [-0.25, -0.2) is 0 Å². The van der Waals surface area contributed by atoms with Gasteiger partial charge in [-0.15, -0.1) is 0 Å². The summed E-state index contributed by atoms with van der Waals surface area (Å²) in [4.78, 5) is 36.9. The Balaban J connectivity index is 2.54. The quantitative estimate of drug-likeness (QED) is 0.365. The molecule has 1 aromatic rings.